The minimum atomic E-state index is -0.765. The van der Waals surface area contributed by atoms with Gasteiger partial charge in [-0.15, -0.1) is 0 Å². The smallest absolute Gasteiger partial charge is 0.130 e. The van der Waals surface area contributed by atoms with Crippen LogP contribution in [0.1, 0.15) is 37.4 Å². The Balaban J connectivity index is 2.05. The molecule has 1 aliphatic carbocycles. The van der Waals surface area contributed by atoms with E-state index in [1.54, 1.807) is 12.1 Å². The zero-order valence-electron chi connectivity index (χ0n) is 8.42. The summed E-state index contributed by atoms with van der Waals surface area (Å²) in [5.74, 6) is 0.330. The van der Waals surface area contributed by atoms with Crippen LogP contribution in [-0.4, -0.2) is 5.11 Å². The molecule has 0 heterocycles. The third kappa shape index (κ3) is 2.70. The summed E-state index contributed by atoms with van der Waals surface area (Å²) in [6, 6.07) is 4.50. The molecule has 1 nitrogen and oxygen atoms in total. The monoisotopic (exact) mass is 228 g/mol. The second-order valence-corrected chi connectivity index (χ2v) is 4.58. The number of rotatable bonds is 4. The first-order valence-electron chi connectivity index (χ1n) is 5.30. The first-order chi connectivity index (χ1) is 7.18. The van der Waals surface area contributed by atoms with Gasteiger partial charge in [0.25, 0.3) is 0 Å². The third-order valence-electron chi connectivity index (χ3n) is 2.88. The lowest BCUT2D eigenvalue weighted by molar-refractivity contribution is 0.158. The molecule has 0 spiro atoms. The highest BCUT2D eigenvalue weighted by molar-refractivity contribution is 6.31. The second-order valence-electron chi connectivity index (χ2n) is 4.17. The van der Waals surface area contributed by atoms with Gasteiger partial charge in [-0.05, 0) is 30.9 Å². The Morgan fingerprint density at radius 1 is 1.47 bits per heavy atom. The van der Waals surface area contributed by atoms with Crippen molar-refractivity contribution in [1.29, 1.82) is 0 Å². The minimum absolute atomic E-state index is 0.250. The molecule has 0 radical (unpaired) electrons. The van der Waals surface area contributed by atoms with Crippen LogP contribution in [0.5, 0.6) is 0 Å². The van der Waals surface area contributed by atoms with Crippen molar-refractivity contribution in [2.24, 2.45) is 5.92 Å². The summed E-state index contributed by atoms with van der Waals surface area (Å²) in [6.45, 7) is 0. The van der Waals surface area contributed by atoms with Crippen LogP contribution in [0.2, 0.25) is 5.02 Å². The van der Waals surface area contributed by atoms with Crippen molar-refractivity contribution in [3.05, 3.63) is 34.6 Å². The fourth-order valence-corrected chi connectivity index (χ4v) is 2.06. The Morgan fingerprint density at radius 3 is 2.80 bits per heavy atom. The van der Waals surface area contributed by atoms with Gasteiger partial charge < -0.3 is 5.11 Å². The third-order valence-corrected chi connectivity index (χ3v) is 3.21. The topological polar surface area (TPSA) is 20.2 Å². The zero-order chi connectivity index (χ0) is 10.8. The van der Waals surface area contributed by atoms with Crippen LogP contribution >= 0.6 is 11.6 Å². The average molecular weight is 229 g/mol. The van der Waals surface area contributed by atoms with Gasteiger partial charge in [0.05, 0.1) is 6.10 Å². The van der Waals surface area contributed by atoms with Gasteiger partial charge >= 0.3 is 0 Å². The number of aliphatic hydroxyl groups is 1. The predicted octanol–water partition coefficient (Wildman–Crippen LogP) is 3.70. The molecule has 0 bridgehead atoms. The SMILES string of the molecule is OC(CCC1CC1)c1c(F)cccc1Cl. The molecule has 1 fully saturated rings. The number of hydrogen-bond donors (Lipinski definition) is 1. The Labute approximate surface area is 93.9 Å². The van der Waals surface area contributed by atoms with E-state index in [2.05, 4.69) is 0 Å². The highest BCUT2D eigenvalue weighted by Crippen LogP contribution is 2.37. The lowest BCUT2D eigenvalue weighted by atomic mass is 10.0. The minimum Gasteiger partial charge on any atom is -0.388 e. The maximum Gasteiger partial charge on any atom is 0.130 e. The van der Waals surface area contributed by atoms with E-state index in [0.717, 1.165) is 12.3 Å². The summed E-state index contributed by atoms with van der Waals surface area (Å²) >= 11 is 5.86. The standard InChI is InChI=1S/C12H14ClFO/c13-9-2-1-3-10(14)12(9)11(15)7-6-8-4-5-8/h1-3,8,11,15H,4-7H2. The molecule has 1 N–H and O–H groups in total. The van der Waals surface area contributed by atoms with Gasteiger partial charge in [-0.3, -0.25) is 0 Å². The van der Waals surface area contributed by atoms with E-state index in [9.17, 15) is 9.50 Å². The molecule has 1 unspecified atom stereocenters. The molecule has 1 aromatic rings. The highest BCUT2D eigenvalue weighted by Gasteiger charge is 2.24. The lowest BCUT2D eigenvalue weighted by Gasteiger charge is -2.13. The summed E-state index contributed by atoms with van der Waals surface area (Å²) in [6.07, 6.45) is 3.30. The predicted molar refractivity (Wildman–Crippen MR) is 58.3 cm³/mol. The van der Waals surface area contributed by atoms with E-state index in [-0.39, 0.29) is 5.56 Å². The van der Waals surface area contributed by atoms with Crippen LogP contribution in [0.4, 0.5) is 4.39 Å². The fourth-order valence-electron chi connectivity index (χ4n) is 1.77. The van der Waals surface area contributed by atoms with Crippen molar-refractivity contribution in [3.63, 3.8) is 0 Å². The van der Waals surface area contributed by atoms with Gasteiger partial charge in [0, 0.05) is 10.6 Å². The molecule has 1 aliphatic rings. The normalized spacial score (nSPS) is 17.8. The average Bonchev–Trinajstić information content (AvgIpc) is 2.97. The van der Waals surface area contributed by atoms with Gasteiger partial charge in [-0.1, -0.05) is 30.5 Å². The van der Waals surface area contributed by atoms with E-state index in [1.807, 2.05) is 0 Å². The van der Waals surface area contributed by atoms with E-state index >= 15 is 0 Å². The summed E-state index contributed by atoms with van der Waals surface area (Å²) in [5, 5.41) is 10.2. The van der Waals surface area contributed by atoms with E-state index in [4.69, 9.17) is 11.6 Å². The summed E-state index contributed by atoms with van der Waals surface area (Å²) < 4.78 is 13.4. The maximum atomic E-state index is 13.4. The van der Waals surface area contributed by atoms with Crippen molar-refractivity contribution < 1.29 is 9.50 Å². The quantitative estimate of drug-likeness (QED) is 0.833. The first kappa shape index (κ1) is 10.9. The fraction of sp³-hybridized carbons (Fsp3) is 0.500. The van der Waals surface area contributed by atoms with Crippen LogP contribution in [0, 0.1) is 11.7 Å². The van der Waals surface area contributed by atoms with E-state index < -0.39 is 11.9 Å². The van der Waals surface area contributed by atoms with Crippen LogP contribution in [-0.2, 0) is 0 Å². The van der Waals surface area contributed by atoms with Crippen LogP contribution in [0.15, 0.2) is 18.2 Å². The largest absolute Gasteiger partial charge is 0.388 e. The van der Waals surface area contributed by atoms with Crippen LogP contribution in [0.3, 0.4) is 0 Å². The Hall–Kier alpha value is -0.600. The first-order valence-corrected chi connectivity index (χ1v) is 5.68. The van der Waals surface area contributed by atoms with Crippen molar-refractivity contribution in [2.75, 3.05) is 0 Å². The Kier molecular flexibility index (Phi) is 3.27. The number of hydrogen-bond acceptors (Lipinski definition) is 1. The maximum absolute atomic E-state index is 13.4. The molecule has 3 heteroatoms. The van der Waals surface area contributed by atoms with Crippen molar-refractivity contribution in [3.8, 4) is 0 Å². The molecular weight excluding hydrogens is 215 g/mol. The Morgan fingerprint density at radius 2 is 2.20 bits per heavy atom. The molecule has 1 saturated carbocycles. The molecule has 0 aromatic heterocycles. The molecule has 1 atom stereocenters. The molecule has 0 aliphatic heterocycles. The van der Waals surface area contributed by atoms with Crippen LogP contribution in [0.25, 0.3) is 0 Å². The van der Waals surface area contributed by atoms with Gasteiger partial charge in [0.2, 0.25) is 0 Å². The number of aliphatic hydroxyl groups excluding tert-OH is 1. The molecule has 15 heavy (non-hydrogen) atoms. The van der Waals surface area contributed by atoms with Crippen LogP contribution < -0.4 is 0 Å². The van der Waals surface area contributed by atoms with E-state index in [0.29, 0.717) is 11.4 Å². The molecule has 1 aromatic carbocycles. The molecular formula is C12H14ClFO. The van der Waals surface area contributed by atoms with Crippen molar-refractivity contribution in [1.82, 2.24) is 0 Å². The lowest BCUT2D eigenvalue weighted by Crippen LogP contribution is -2.02. The van der Waals surface area contributed by atoms with Crippen molar-refractivity contribution in [2.45, 2.75) is 31.8 Å². The Bertz CT molecular complexity index is 329. The van der Waals surface area contributed by atoms with Gasteiger partial charge in [-0.25, -0.2) is 4.39 Å². The van der Waals surface area contributed by atoms with Gasteiger partial charge in [0.1, 0.15) is 5.82 Å². The molecule has 0 saturated heterocycles. The number of benzene rings is 1. The summed E-state index contributed by atoms with van der Waals surface area (Å²) in [5.41, 5.74) is 0.250. The summed E-state index contributed by atoms with van der Waals surface area (Å²) in [4.78, 5) is 0. The highest BCUT2D eigenvalue weighted by atomic mass is 35.5. The molecule has 2 rings (SSSR count). The van der Waals surface area contributed by atoms with Gasteiger partial charge in [-0.2, -0.15) is 0 Å². The molecule has 82 valence electrons. The summed E-state index contributed by atoms with van der Waals surface area (Å²) in [7, 11) is 0. The van der Waals surface area contributed by atoms with Crippen molar-refractivity contribution >= 4 is 11.6 Å². The zero-order valence-corrected chi connectivity index (χ0v) is 9.17. The van der Waals surface area contributed by atoms with E-state index in [1.165, 1.54) is 18.9 Å². The van der Waals surface area contributed by atoms with Gasteiger partial charge in [0.15, 0.2) is 0 Å². The molecule has 0 amide bonds. The second kappa shape index (κ2) is 4.50. The number of halogens is 2.